The van der Waals surface area contributed by atoms with Gasteiger partial charge in [0, 0.05) is 18.0 Å². The fourth-order valence-corrected chi connectivity index (χ4v) is 2.87. The zero-order chi connectivity index (χ0) is 12.7. The highest BCUT2D eigenvalue weighted by Gasteiger charge is 2.35. The lowest BCUT2D eigenvalue weighted by Gasteiger charge is -2.35. The fourth-order valence-electron chi connectivity index (χ4n) is 2.87. The van der Waals surface area contributed by atoms with Gasteiger partial charge in [-0.3, -0.25) is 4.90 Å². The highest BCUT2D eigenvalue weighted by atomic mass is 16.1. The number of carbonyl (C=O) groups is 1. The van der Waals surface area contributed by atoms with Crippen molar-refractivity contribution in [1.82, 2.24) is 4.90 Å². The lowest BCUT2D eigenvalue weighted by atomic mass is 9.87. The van der Waals surface area contributed by atoms with Crippen LogP contribution in [-0.2, 0) is 4.79 Å². The van der Waals surface area contributed by atoms with E-state index in [0.717, 1.165) is 25.9 Å². The molecule has 1 saturated carbocycles. The summed E-state index contributed by atoms with van der Waals surface area (Å²) in [6.07, 6.45) is 9.60. The third-order valence-corrected chi connectivity index (χ3v) is 4.38. The summed E-state index contributed by atoms with van der Waals surface area (Å²) in [6.45, 7) is 8.92. The van der Waals surface area contributed by atoms with Crippen molar-refractivity contribution in [2.45, 2.75) is 71.8 Å². The number of unbranched alkanes of at least 4 members (excludes halogenated alkanes) is 1. The van der Waals surface area contributed by atoms with Gasteiger partial charge in [0.15, 0.2) is 0 Å². The summed E-state index contributed by atoms with van der Waals surface area (Å²) < 4.78 is 0. The van der Waals surface area contributed by atoms with Crippen molar-refractivity contribution in [3.05, 3.63) is 0 Å². The highest BCUT2D eigenvalue weighted by Crippen LogP contribution is 2.37. The molecule has 100 valence electrons. The van der Waals surface area contributed by atoms with Crippen molar-refractivity contribution < 1.29 is 4.79 Å². The molecule has 2 heteroatoms. The number of hydrogen-bond donors (Lipinski definition) is 0. The Kier molecular flexibility index (Phi) is 6.18. The molecule has 0 saturated heterocycles. The summed E-state index contributed by atoms with van der Waals surface area (Å²) in [4.78, 5) is 14.0. The standard InChI is InChI=1S/C15H29NO/c1-4-6-11-16(14(3)5-2)12-15(13-17)9-7-8-10-15/h13-14H,4-12H2,1-3H3. The second kappa shape index (κ2) is 7.15. The van der Waals surface area contributed by atoms with Gasteiger partial charge in [-0.05, 0) is 39.2 Å². The minimum absolute atomic E-state index is 0.0167. The van der Waals surface area contributed by atoms with Crippen molar-refractivity contribution in [3.8, 4) is 0 Å². The molecule has 0 aliphatic heterocycles. The molecule has 0 N–H and O–H groups in total. The van der Waals surface area contributed by atoms with E-state index in [2.05, 4.69) is 25.7 Å². The molecular formula is C15H29NO. The molecule has 1 aliphatic carbocycles. The van der Waals surface area contributed by atoms with E-state index in [4.69, 9.17) is 0 Å². The van der Waals surface area contributed by atoms with Gasteiger partial charge in [-0.25, -0.2) is 0 Å². The van der Waals surface area contributed by atoms with Crippen molar-refractivity contribution in [3.63, 3.8) is 0 Å². The average molecular weight is 239 g/mol. The topological polar surface area (TPSA) is 20.3 Å². The molecule has 1 rings (SSSR count). The van der Waals surface area contributed by atoms with E-state index in [9.17, 15) is 4.79 Å². The van der Waals surface area contributed by atoms with E-state index >= 15 is 0 Å². The average Bonchev–Trinajstić information content (AvgIpc) is 2.82. The van der Waals surface area contributed by atoms with Crippen LogP contribution in [0.3, 0.4) is 0 Å². The SMILES string of the molecule is CCCCN(CC1(C=O)CCCC1)C(C)CC. The van der Waals surface area contributed by atoms with Gasteiger partial charge >= 0.3 is 0 Å². The maximum Gasteiger partial charge on any atom is 0.127 e. The molecule has 0 aromatic rings. The molecule has 0 spiro atoms. The summed E-state index contributed by atoms with van der Waals surface area (Å²) in [7, 11) is 0. The van der Waals surface area contributed by atoms with Crippen LogP contribution >= 0.6 is 0 Å². The predicted molar refractivity (Wildman–Crippen MR) is 73.2 cm³/mol. The van der Waals surface area contributed by atoms with Crippen LogP contribution in [-0.4, -0.2) is 30.3 Å². The Hall–Kier alpha value is -0.370. The summed E-state index contributed by atoms with van der Waals surface area (Å²) in [6, 6.07) is 0.610. The molecule has 1 fully saturated rings. The second-order valence-corrected chi connectivity index (χ2v) is 5.77. The first-order chi connectivity index (χ1) is 8.17. The van der Waals surface area contributed by atoms with Crippen LogP contribution in [0, 0.1) is 5.41 Å². The number of rotatable bonds is 8. The summed E-state index contributed by atoms with van der Waals surface area (Å²) in [5.41, 5.74) is -0.0167. The van der Waals surface area contributed by atoms with Gasteiger partial charge in [0.25, 0.3) is 0 Å². The van der Waals surface area contributed by atoms with Crippen LogP contribution in [0.4, 0.5) is 0 Å². The van der Waals surface area contributed by atoms with Crippen LogP contribution in [0.25, 0.3) is 0 Å². The van der Waals surface area contributed by atoms with E-state index < -0.39 is 0 Å². The van der Waals surface area contributed by atoms with Crippen molar-refractivity contribution >= 4 is 6.29 Å². The van der Waals surface area contributed by atoms with Crippen LogP contribution in [0.5, 0.6) is 0 Å². The first-order valence-corrected chi connectivity index (χ1v) is 7.38. The Morgan fingerprint density at radius 3 is 2.41 bits per heavy atom. The second-order valence-electron chi connectivity index (χ2n) is 5.77. The highest BCUT2D eigenvalue weighted by molar-refractivity contribution is 5.60. The Bertz CT molecular complexity index is 221. The van der Waals surface area contributed by atoms with E-state index in [0.29, 0.717) is 6.04 Å². The summed E-state index contributed by atoms with van der Waals surface area (Å²) >= 11 is 0. The number of nitrogens with zero attached hydrogens (tertiary/aromatic N) is 1. The van der Waals surface area contributed by atoms with Gasteiger partial charge in [-0.1, -0.05) is 33.1 Å². The van der Waals surface area contributed by atoms with Crippen LogP contribution < -0.4 is 0 Å². The third kappa shape index (κ3) is 4.09. The van der Waals surface area contributed by atoms with E-state index in [1.807, 2.05) is 0 Å². The molecule has 0 bridgehead atoms. The van der Waals surface area contributed by atoms with Crippen molar-refractivity contribution in [1.29, 1.82) is 0 Å². The van der Waals surface area contributed by atoms with Gasteiger partial charge < -0.3 is 4.79 Å². The lowest BCUT2D eigenvalue weighted by Crippen LogP contribution is -2.42. The zero-order valence-corrected chi connectivity index (χ0v) is 11.9. The number of carbonyl (C=O) groups excluding carboxylic acids is 1. The van der Waals surface area contributed by atoms with Crippen LogP contribution in [0.15, 0.2) is 0 Å². The van der Waals surface area contributed by atoms with Gasteiger partial charge in [-0.2, -0.15) is 0 Å². The molecule has 1 aliphatic rings. The van der Waals surface area contributed by atoms with E-state index in [-0.39, 0.29) is 5.41 Å². The molecule has 0 amide bonds. The van der Waals surface area contributed by atoms with E-state index in [1.165, 1.54) is 38.4 Å². The predicted octanol–water partition coefficient (Wildman–Crippen LogP) is 3.65. The Labute approximate surface area is 107 Å². The molecule has 17 heavy (non-hydrogen) atoms. The normalized spacial score (nSPS) is 20.7. The molecule has 0 aromatic carbocycles. The van der Waals surface area contributed by atoms with Gasteiger partial charge in [0.05, 0.1) is 0 Å². The molecule has 1 atom stereocenters. The smallest absolute Gasteiger partial charge is 0.127 e. The molecule has 2 nitrogen and oxygen atoms in total. The van der Waals surface area contributed by atoms with Crippen LogP contribution in [0.2, 0.25) is 0 Å². The molecular weight excluding hydrogens is 210 g/mol. The largest absolute Gasteiger partial charge is 0.303 e. The maximum atomic E-state index is 11.4. The zero-order valence-electron chi connectivity index (χ0n) is 11.9. The maximum absolute atomic E-state index is 11.4. The molecule has 1 unspecified atom stereocenters. The quantitative estimate of drug-likeness (QED) is 0.603. The molecule has 0 aromatic heterocycles. The first-order valence-electron chi connectivity index (χ1n) is 7.38. The Balaban J connectivity index is 2.59. The Morgan fingerprint density at radius 2 is 1.94 bits per heavy atom. The van der Waals surface area contributed by atoms with Crippen molar-refractivity contribution in [2.24, 2.45) is 5.41 Å². The van der Waals surface area contributed by atoms with Gasteiger partial charge in [0.1, 0.15) is 6.29 Å². The van der Waals surface area contributed by atoms with Crippen LogP contribution in [0.1, 0.15) is 65.7 Å². The Morgan fingerprint density at radius 1 is 1.29 bits per heavy atom. The van der Waals surface area contributed by atoms with Crippen molar-refractivity contribution in [2.75, 3.05) is 13.1 Å². The number of aldehydes is 1. The van der Waals surface area contributed by atoms with E-state index in [1.54, 1.807) is 0 Å². The summed E-state index contributed by atoms with van der Waals surface area (Å²) in [5, 5.41) is 0. The first kappa shape index (κ1) is 14.7. The monoisotopic (exact) mass is 239 g/mol. The van der Waals surface area contributed by atoms with Gasteiger partial charge in [-0.15, -0.1) is 0 Å². The molecule has 0 heterocycles. The fraction of sp³-hybridized carbons (Fsp3) is 0.933. The lowest BCUT2D eigenvalue weighted by molar-refractivity contribution is -0.117. The molecule has 0 radical (unpaired) electrons. The van der Waals surface area contributed by atoms with Gasteiger partial charge in [0.2, 0.25) is 0 Å². The summed E-state index contributed by atoms with van der Waals surface area (Å²) in [5.74, 6) is 0. The minimum Gasteiger partial charge on any atom is -0.303 e. The third-order valence-electron chi connectivity index (χ3n) is 4.38. The minimum atomic E-state index is -0.0167. The number of hydrogen-bond acceptors (Lipinski definition) is 2.